The van der Waals surface area contributed by atoms with Crippen LogP contribution in [0.1, 0.15) is 64.2 Å². The first-order valence-electron chi connectivity index (χ1n) is 13.6. The quantitative estimate of drug-likeness (QED) is 0.598. The van der Waals surface area contributed by atoms with E-state index < -0.39 is 5.54 Å². The maximum absolute atomic E-state index is 14.0. The molecule has 2 amide bonds. The van der Waals surface area contributed by atoms with E-state index in [9.17, 15) is 9.59 Å². The lowest BCUT2D eigenvalue weighted by molar-refractivity contribution is -0.155. The van der Waals surface area contributed by atoms with E-state index in [-0.39, 0.29) is 41.0 Å². The first kappa shape index (κ1) is 25.0. The zero-order valence-corrected chi connectivity index (χ0v) is 22.4. The predicted octanol–water partition coefficient (Wildman–Crippen LogP) is 4.65. The summed E-state index contributed by atoms with van der Waals surface area (Å²) in [6.07, 6.45) is 1.76. The lowest BCUT2D eigenvalue weighted by Crippen LogP contribution is -2.77. The van der Waals surface area contributed by atoms with E-state index in [0.29, 0.717) is 12.5 Å². The Kier molecular flexibility index (Phi) is 6.48. The van der Waals surface area contributed by atoms with Gasteiger partial charge in [0.1, 0.15) is 5.54 Å². The Balaban J connectivity index is 1.44. The molecule has 5 heteroatoms. The third-order valence-corrected chi connectivity index (χ3v) is 8.71. The molecule has 192 valence electrons. The van der Waals surface area contributed by atoms with E-state index in [2.05, 4.69) is 74.4 Å². The van der Waals surface area contributed by atoms with E-state index in [4.69, 9.17) is 0 Å². The van der Waals surface area contributed by atoms with Crippen molar-refractivity contribution in [3.8, 4) is 0 Å². The van der Waals surface area contributed by atoms with Crippen LogP contribution >= 0.6 is 0 Å². The highest BCUT2D eigenvalue weighted by molar-refractivity contribution is 5.97. The molecule has 3 heterocycles. The second-order valence-electron chi connectivity index (χ2n) is 12.7. The molecule has 4 bridgehead atoms. The van der Waals surface area contributed by atoms with E-state index in [1.807, 2.05) is 30.3 Å². The third-order valence-electron chi connectivity index (χ3n) is 8.71. The zero-order valence-electron chi connectivity index (χ0n) is 22.4. The predicted molar refractivity (Wildman–Crippen MR) is 143 cm³/mol. The Morgan fingerprint density at radius 1 is 1.08 bits per heavy atom. The molecule has 2 N–H and O–H groups in total. The number of benzene rings is 2. The van der Waals surface area contributed by atoms with Gasteiger partial charge in [0.2, 0.25) is 11.8 Å². The van der Waals surface area contributed by atoms with E-state index in [1.54, 1.807) is 0 Å². The van der Waals surface area contributed by atoms with Gasteiger partial charge in [0.25, 0.3) is 0 Å². The summed E-state index contributed by atoms with van der Waals surface area (Å²) >= 11 is 0. The van der Waals surface area contributed by atoms with Gasteiger partial charge in [-0.3, -0.25) is 14.5 Å². The fourth-order valence-corrected chi connectivity index (χ4v) is 7.06. The van der Waals surface area contributed by atoms with Crippen molar-refractivity contribution in [3.63, 3.8) is 0 Å². The number of carbonyl (C=O) groups is 2. The smallest absolute Gasteiger partial charge is 0.248 e. The van der Waals surface area contributed by atoms with Crippen LogP contribution < -0.4 is 10.6 Å². The van der Waals surface area contributed by atoms with Gasteiger partial charge in [0.15, 0.2) is 0 Å². The summed E-state index contributed by atoms with van der Waals surface area (Å²) in [7, 11) is 0. The Hall–Kier alpha value is -2.66. The fraction of sp³-hybridized carbons (Fsp3) is 0.548. The van der Waals surface area contributed by atoms with Crippen LogP contribution in [0.3, 0.4) is 0 Å². The highest BCUT2D eigenvalue weighted by Crippen LogP contribution is 2.54. The zero-order chi connectivity index (χ0) is 25.7. The molecule has 5 unspecified atom stereocenters. The van der Waals surface area contributed by atoms with E-state index in [0.717, 1.165) is 31.5 Å². The Labute approximate surface area is 216 Å². The summed E-state index contributed by atoms with van der Waals surface area (Å²) in [6, 6.07) is 19.0. The average Bonchev–Trinajstić information content (AvgIpc) is 3.06. The minimum atomic E-state index is -0.856. The van der Waals surface area contributed by atoms with E-state index in [1.165, 1.54) is 11.1 Å². The molecule has 6 rings (SSSR count). The number of piperidine rings is 2. The maximum Gasteiger partial charge on any atom is 0.248 e. The summed E-state index contributed by atoms with van der Waals surface area (Å²) in [5.74, 6) is 0.844. The van der Waals surface area contributed by atoms with Crippen molar-refractivity contribution in [2.45, 2.75) is 77.5 Å². The molecule has 5 atom stereocenters. The molecule has 1 saturated carbocycles. The van der Waals surface area contributed by atoms with Crippen LogP contribution in [0.4, 0.5) is 0 Å². The summed E-state index contributed by atoms with van der Waals surface area (Å²) in [6.45, 7) is 13.3. The largest absolute Gasteiger partial charge is 0.350 e. The van der Waals surface area contributed by atoms with Crippen LogP contribution in [-0.4, -0.2) is 34.8 Å². The minimum Gasteiger partial charge on any atom is -0.350 e. The van der Waals surface area contributed by atoms with Gasteiger partial charge in [-0.2, -0.15) is 0 Å². The molecule has 0 radical (unpaired) electrons. The maximum atomic E-state index is 14.0. The SMILES string of the molecule is CC(C)CC1C2CC3CN(Cc4ccc(C(C)(C)C)cc4)C1C3(C(=O)NCc1ccccc1)NC2=O. The lowest BCUT2D eigenvalue weighted by Gasteiger charge is -2.55. The minimum absolute atomic E-state index is 0.000495. The number of amides is 2. The van der Waals surface area contributed by atoms with Crippen molar-refractivity contribution in [2.75, 3.05) is 6.54 Å². The van der Waals surface area contributed by atoms with Crippen molar-refractivity contribution in [1.29, 1.82) is 0 Å². The molecule has 4 aliphatic rings. The number of nitrogens with one attached hydrogen (secondary N) is 2. The fourth-order valence-electron chi connectivity index (χ4n) is 7.06. The van der Waals surface area contributed by atoms with Crippen LogP contribution in [0, 0.1) is 23.7 Å². The van der Waals surface area contributed by atoms with Crippen LogP contribution in [-0.2, 0) is 28.1 Å². The molecular formula is C31H41N3O2. The molecule has 0 spiro atoms. The van der Waals surface area contributed by atoms with Gasteiger partial charge >= 0.3 is 0 Å². The van der Waals surface area contributed by atoms with Crippen LogP contribution in [0.15, 0.2) is 54.6 Å². The van der Waals surface area contributed by atoms with Crippen molar-refractivity contribution < 1.29 is 9.59 Å². The Morgan fingerprint density at radius 3 is 2.42 bits per heavy atom. The standard InChI is InChI=1S/C31H41N3O2/c1-20(2)15-25-26-16-24-19-34(18-22-11-13-23(14-12-22)30(3,4)5)27(25)31(24,33-28(26)35)29(36)32-17-21-9-7-6-8-10-21/h6-14,20,24-27H,15-19H2,1-5H3,(H,32,36)(H,33,35). The first-order valence-corrected chi connectivity index (χ1v) is 13.6. The number of fused-ring (bicyclic) bond motifs is 1. The molecule has 36 heavy (non-hydrogen) atoms. The molecule has 3 saturated heterocycles. The number of carbonyl (C=O) groups excluding carboxylic acids is 2. The molecule has 5 nitrogen and oxygen atoms in total. The topological polar surface area (TPSA) is 61.4 Å². The summed E-state index contributed by atoms with van der Waals surface area (Å²) < 4.78 is 0. The summed E-state index contributed by atoms with van der Waals surface area (Å²) in [4.78, 5) is 29.7. The highest BCUT2D eigenvalue weighted by atomic mass is 16.2. The van der Waals surface area contributed by atoms with Gasteiger partial charge in [-0.1, -0.05) is 89.2 Å². The molecule has 2 aromatic carbocycles. The number of likely N-dealkylation sites (tertiary alicyclic amines) is 1. The molecule has 1 aliphatic carbocycles. The first-order chi connectivity index (χ1) is 17.1. The number of hydrogen-bond acceptors (Lipinski definition) is 3. The number of nitrogens with zero attached hydrogens (tertiary/aromatic N) is 1. The van der Waals surface area contributed by atoms with Crippen molar-refractivity contribution in [2.24, 2.45) is 23.7 Å². The highest BCUT2D eigenvalue weighted by Gasteiger charge is 2.70. The molecule has 2 aromatic rings. The van der Waals surface area contributed by atoms with Gasteiger partial charge in [0.05, 0.1) is 0 Å². The monoisotopic (exact) mass is 487 g/mol. The second kappa shape index (κ2) is 9.33. The second-order valence-corrected chi connectivity index (χ2v) is 12.7. The number of hydrogen-bond donors (Lipinski definition) is 2. The molecular weight excluding hydrogens is 446 g/mol. The van der Waals surface area contributed by atoms with Gasteiger partial charge in [-0.25, -0.2) is 0 Å². The van der Waals surface area contributed by atoms with Gasteiger partial charge < -0.3 is 10.6 Å². The average molecular weight is 488 g/mol. The molecule has 3 aliphatic heterocycles. The Bertz CT molecular complexity index is 1100. The van der Waals surface area contributed by atoms with Crippen molar-refractivity contribution in [1.82, 2.24) is 15.5 Å². The van der Waals surface area contributed by atoms with Crippen LogP contribution in [0.2, 0.25) is 0 Å². The van der Waals surface area contributed by atoms with Crippen molar-refractivity contribution in [3.05, 3.63) is 71.3 Å². The summed E-state index contributed by atoms with van der Waals surface area (Å²) in [5, 5.41) is 6.49. The third kappa shape index (κ3) is 4.36. The van der Waals surface area contributed by atoms with Crippen LogP contribution in [0.25, 0.3) is 0 Å². The van der Waals surface area contributed by atoms with Crippen molar-refractivity contribution >= 4 is 11.8 Å². The van der Waals surface area contributed by atoms with Crippen LogP contribution in [0.5, 0.6) is 0 Å². The van der Waals surface area contributed by atoms with E-state index >= 15 is 0 Å². The van der Waals surface area contributed by atoms with Gasteiger partial charge in [0, 0.05) is 37.5 Å². The molecule has 0 aromatic heterocycles. The summed E-state index contributed by atoms with van der Waals surface area (Å²) in [5.41, 5.74) is 2.93. The Morgan fingerprint density at radius 2 is 1.78 bits per heavy atom. The van der Waals surface area contributed by atoms with Gasteiger partial charge in [-0.05, 0) is 46.8 Å². The number of rotatable bonds is 7. The normalized spacial score (nSPS) is 29.4. The lowest BCUT2D eigenvalue weighted by atomic mass is 9.57. The van der Waals surface area contributed by atoms with Gasteiger partial charge in [-0.15, -0.1) is 0 Å². The molecule has 4 fully saturated rings.